The maximum absolute atomic E-state index is 12.8. The van der Waals surface area contributed by atoms with Gasteiger partial charge in [0.1, 0.15) is 11.3 Å². The van der Waals surface area contributed by atoms with Crippen LogP contribution in [0.1, 0.15) is 38.8 Å². The van der Waals surface area contributed by atoms with Crippen LogP contribution in [0.25, 0.3) is 5.65 Å². The SMILES string of the molecule is Cc1cc2ncc3c(n2n1)CCN(C(=O)c1c(C)noc1C)C3. The van der Waals surface area contributed by atoms with E-state index in [1.54, 1.807) is 13.8 Å². The number of amides is 1. The monoisotopic (exact) mass is 311 g/mol. The van der Waals surface area contributed by atoms with Crippen molar-refractivity contribution in [2.45, 2.75) is 33.7 Å². The Bertz CT molecular complexity index is 905. The van der Waals surface area contributed by atoms with E-state index in [1.807, 2.05) is 28.6 Å². The summed E-state index contributed by atoms with van der Waals surface area (Å²) in [5.74, 6) is 0.526. The average molecular weight is 311 g/mol. The fourth-order valence-corrected chi connectivity index (χ4v) is 3.17. The first-order valence-corrected chi connectivity index (χ1v) is 7.60. The van der Waals surface area contributed by atoms with Gasteiger partial charge < -0.3 is 9.42 Å². The Morgan fingerprint density at radius 1 is 1.30 bits per heavy atom. The van der Waals surface area contributed by atoms with E-state index in [0.717, 1.165) is 29.0 Å². The van der Waals surface area contributed by atoms with E-state index in [-0.39, 0.29) is 5.91 Å². The molecule has 7 nitrogen and oxygen atoms in total. The van der Waals surface area contributed by atoms with E-state index in [4.69, 9.17) is 4.52 Å². The van der Waals surface area contributed by atoms with Gasteiger partial charge in [0.2, 0.25) is 0 Å². The van der Waals surface area contributed by atoms with Crippen molar-refractivity contribution in [3.8, 4) is 0 Å². The highest BCUT2D eigenvalue weighted by molar-refractivity contribution is 5.96. The maximum atomic E-state index is 12.8. The van der Waals surface area contributed by atoms with Crippen LogP contribution in [0, 0.1) is 20.8 Å². The van der Waals surface area contributed by atoms with Gasteiger partial charge in [-0.1, -0.05) is 5.16 Å². The molecule has 0 aromatic carbocycles. The van der Waals surface area contributed by atoms with Crippen molar-refractivity contribution in [1.29, 1.82) is 0 Å². The molecule has 118 valence electrons. The van der Waals surface area contributed by atoms with Gasteiger partial charge >= 0.3 is 0 Å². The summed E-state index contributed by atoms with van der Waals surface area (Å²) in [6, 6.07) is 1.96. The van der Waals surface area contributed by atoms with Gasteiger partial charge in [0.25, 0.3) is 5.91 Å². The van der Waals surface area contributed by atoms with Gasteiger partial charge in [-0.05, 0) is 20.8 Å². The number of aryl methyl sites for hydroxylation is 3. The van der Waals surface area contributed by atoms with Gasteiger partial charge in [-0.25, -0.2) is 9.50 Å². The number of nitrogens with zero attached hydrogens (tertiary/aromatic N) is 5. The molecule has 7 heteroatoms. The molecule has 0 spiro atoms. The van der Waals surface area contributed by atoms with E-state index in [9.17, 15) is 4.79 Å². The van der Waals surface area contributed by atoms with E-state index in [1.165, 1.54) is 0 Å². The minimum Gasteiger partial charge on any atom is -0.361 e. The molecule has 3 aromatic heterocycles. The Morgan fingerprint density at radius 2 is 2.13 bits per heavy atom. The largest absolute Gasteiger partial charge is 0.361 e. The Morgan fingerprint density at radius 3 is 2.87 bits per heavy atom. The third-order valence-corrected chi connectivity index (χ3v) is 4.31. The number of hydrogen-bond acceptors (Lipinski definition) is 5. The molecule has 1 aliphatic rings. The van der Waals surface area contributed by atoms with E-state index in [0.29, 0.717) is 30.1 Å². The third-order valence-electron chi connectivity index (χ3n) is 4.31. The lowest BCUT2D eigenvalue weighted by Crippen LogP contribution is -2.37. The second kappa shape index (κ2) is 4.91. The predicted molar refractivity (Wildman–Crippen MR) is 82.1 cm³/mol. The molecular formula is C16H17N5O2. The molecule has 4 heterocycles. The molecule has 0 atom stereocenters. The zero-order valence-corrected chi connectivity index (χ0v) is 13.3. The lowest BCUT2D eigenvalue weighted by Gasteiger charge is -2.28. The molecule has 3 aromatic rings. The standard InChI is InChI=1S/C16H17N5O2/c1-9-6-14-17-7-12-8-20(5-4-13(12)21(14)18-9)16(22)15-10(2)19-23-11(15)3/h6-7H,4-5,8H2,1-3H3. The first-order chi connectivity index (χ1) is 11.0. The summed E-state index contributed by atoms with van der Waals surface area (Å²) in [7, 11) is 0. The van der Waals surface area contributed by atoms with Crippen LogP contribution in [-0.4, -0.2) is 37.1 Å². The minimum atomic E-state index is -0.0383. The summed E-state index contributed by atoms with van der Waals surface area (Å²) in [5.41, 5.74) is 5.16. The van der Waals surface area contributed by atoms with Gasteiger partial charge in [0, 0.05) is 37.3 Å². The molecular weight excluding hydrogens is 294 g/mol. The summed E-state index contributed by atoms with van der Waals surface area (Å²) in [4.78, 5) is 19.0. The van der Waals surface area contributed by atoms with Gasteiger partial charge in [0.15, 0.2) is 5.65 Å². The number of carbonyl (C=O) groups is 1. The lowest BCUT2D eigenvalue weighted by molar-refractivity contribution is 0.0730. The zero-order valence-electron chi connectivity index (χ0n) is 13.3. The Kier molecular flexibility index (Phi) is 2.97. The summed E-state index contributed by atoms with van der Waals surface area (Å²) in [6.45, 7) is 6.69. The highest BCUT2D eigenvalue weighted by Crippen LogP contribution is 2.23. The second-order valence-corrected chi connectivity index (χ2v) is 5.96. The molecule has 0 saturated carbocycles. The molecule has 1 aliphatic heterocycles. The van der Waals surface area contributed by atoms with Crippen LogP contribution in [0.2, 0.25) is 0 Å². The first kappa shape index (κ1) is 13.9. The molecule has 0 N–H and O–H groups in total. The Hall–Kier alpha value is -2.70. The Labute approximate surface area is 132 Å². The van der Waals surface area contributed by atoms with Crippen LogP contribution in [0.4, 0.5) is 0 Å². The smallest absolute Gasteiger partial charge is 0.259 e. The number of aromatic nitrogens is 4. The van der Waals surface area contributed by atoms with Crippen molar-refractivity contribution in [1.82, 2.24) is 24.7 Å². The van der Waals surface area contributed by atoms with E-state index < -0.39 is 0 Å². The van der Waals surface area contributed by atoms with Crippen LogP contribution in [0.15, 0.2) is 16.8 Å². The summed E-state index contributed by atoms with van der Waals surface area (Å²) >= 11 is 0. The predicted octanol–water partition coefficient (Wildman–Crippen LogP) is 1.84. The van der Waals surface area contributed by atoms with Gasteiger partial charge in [-0.2, -0.15) is 5.10 Å². The van der Waals surface area contributed by atoms with Crippen molar-refractivity contribution >= 4 is 11.6 Å². The number of fused-ring (bicyclic) bond motifs is 3. The van der Waals surface area contributed by atoms with Crippen LogP contribution >= 0.6 is 0 Å². The molecule has 0 aliphatic carbocycles. The van der Waals surface area contributed by atoms with Gasteiger partial charge in [-0.15, -0.1) is 0 Å². The molecule has 0 unspecified atom stereocenters. The van der Waals surface area contributed by atoms with Crippen molar-refractivity contribution in [3.63, 3.8) is 0 Å². The molecule has 4 rings (SSSR count). The average Bonchev–Trinajstić information content (AvgIpc) is 3.08. The molecule has 0 bridgehead atoms. The van der Waals surface area contributed by atoms with Crippen LogP contribution in [0.5, 0.6) is 0 Å². The fourth-order valence-electron chi connectivity index (χ4n) is 3.17. The summed E-state index contributed by atoms with van der Waals surface area (Å²) in [6.07, 6.45) is 2.60. The quantitative estimate of drug-likeness (QED) is 0.685. The zero-order chi connectivity index (χ0) is 16.1. The fraction of sp³-hybridized carbons (Fsp3) is 0.375. The third kappa shape index (κ3) is 2.11. The molecule has 1 amide bonds. The number of rotatable bonds is 1. The summed E-state index contributed by atoms with van der Waals surface area (Å²) < 4.78 is 7.00. The lowest BCUT2D eigenvalue weighted by atomic mass is 10.1. The van der Waals surface area contributed by atoms with Gasteiger partial charge in [-0.3, -0.25) is 4.79 Å². The highest BCUT2D eigenvalue weighted by atomic mass is 16.5. The molecule has 0 fully saturated rings. The summed E-state index contributed by atoms with van der Waals surface area (Å²) in [5, 5.41) is 8.37. The molecule has 0 radical (unpaired) electrons. The van der Waals surface area contributed by atoms with Gasteiger partial charge in [0.05, 0.1) is 17.1 Å². The normalized spacial score (nSPS) is 14.3. The molecule has 23 heavy (non-hydrogen) atoms. The van der Waals surface area contributed by atoms with Crippen molar-refractivity contribution < 1.29 is 9.32 Å². The van der Waals surface area contributed by atoms with Crippen LogP contribution in [0.3, 0.4) is 0 Å². The molecule has 0 saturated heterocycles. The van der Waals surface area contributed by atoms with E-state index in [2.05, 4.69) is 15.2 Å². The highest BCUT2D eigenvalue weighted by Gasteiger charge is 2.28. The van der Waals surface area contributed by atoms with Crippen molar-refractivity contribution in [3.05, 3.63) is 46.2 Å². The van der Waals surface area contributed by atoms with Crippen molar-refractivity contribution in [2.24, 2.45) is 0 Å². The topological polar surface area (TPSA) is 76.5 Å². The van der Waals surface area contributed by atoms with Crippen molar-refractivity contribution in [2.75, 3.05) is 6.54 Å². The number of carbonyl (C=O) groups excluding carboxylic acids is 1. The van der Waals surface area contributed by atoms with E-state index >= 15 is 0 Å². The Balaban J connectivity index is 1.69. The second-order valence-electron chi connectivity index (χ2n) is 5.96. The minimum absolute atomic E-state index is 0.0383. The maximum Gasteiger partial charge on any atom is 0.259 e. The number of hydrogen-bond donors (Lipinski definition) is 0. The first-order valence-electron chi connectivity index (χ1n) is 7.60. The van der Waals surface area contributed by atoms with Crippen LogP contribution in [-0.2, 0) is 13.0 Å². The van der Waals surface area contributed by atoms with Crippen LogP contribution < -0.4 is 0 Å².